The number of aryl methyl sites for hydroxylation is 1. The molecular weight excluding hydrogens is 388 g/mol. The number of ether oxygens (including phenoxy) is 1. The highest BCUT2D eigenvalue weighted by atomic mass is 79.9. The van der Waals surface area contributed by atoms with Gasteiger partial charge in [-0.05, 0) is 41.1 Å². The van der Waals surface area contributed by atoms with Crippen LogP contribution in [0.4, 0.5) is 5.82 Å². The summed E-state index contributed by atoms with van der Waals surface area (Å²) in [5.41, 5.74) is 3.33. The van der Waals surface area contributed by atoms with Crippen molar-refractivity contribution >= 4 is 37.7 Å². The average molecular weight is 402 g/mol. The Hall–Kier alpha value is -1.18. The van der Waals surface area contributed by atoms with Crippen molar-refractivity contribution in [3.8, 4) is 11.6 Å². The number of nitrogens with zero attached hydrogens (tertiary/aromatic N) is 2. The van der Waals surface area contributed by atoms with Crippen LogP contribution < -0.4 is 16.0 Å². The lowest BCUT2D eigenvalue weighted by Crippen LogP contribution is -2.13. The molecule has 1 heterocycles. The number of hydrogen-bond acceptors (Lipinski definition) is 5. The first-order chi connectivity index (χ1) is 9.55. The van der Waals surface area contributed by atoms with Gasteiger partial charge < -0.3 is 10.2 Å². The molecule has 1 aromatic heterocycles. The van der Waals surface area contributed by atoms with Gasteiger partial charge in [0, 0.05) is 10.9 Å². The van der Waals surface area contributed by atoms with Gasteiger partial charge in [-0.3, -0.25) is 0 Å². The van der Waals surface area contributed by atoms with E-state index >= 15 is 0 Å². The molecule has 0 bridgehead atoms. The summed E-state index contributed by atoms with van der Waals surface area (Å²) < 4.78 is 7.67. The smallest absolute Gasteiger partial charge is 0.227 e. The second-order valence-corrected chi connectivity index (χ2v) is 5.86. The van der Waals surface area contributed by atoms with Crippen LogP contribution in [-0.2, 0) is 6.42 Å². The topological polar surface area (TPSA) is 73.1 Å². The molecule has 0 aliphatic carbocycles. The Morgan fingerprint density at radius 1 is 1.30 bits per heavy atom. The predicted molar refractivity (Wildman–Crippen MR) is 85.9 cm³/mol. The van der Waals surface area contributed by atoms with Gasteiger partial charge >= 0.3 is 0 Å². The lowest BCUT2D eigenvalue weighted by molar-refractivity contribution is 0.452. The molecule has 0 atom stereocenters. The molecule has 0 fully saturated rings. The van der Waals surface area contributed by atoms with Crippen LogP contribution in [0.1, 0.15) is 18.3 Å². The summed E-state index contributed by atoms with van der Waals surface area (Å²) >= 11 is 6.87. The molecule has 2 rings (SSSR count). The fourth-order valence-electron chi connectivity index (χ4n) is 1.60. The SMILES string of the molecule is CCc1nc(NN)c(C)c(Oc2ccc(Br)cc2Br)n1. The van der Waals surface area contributed by atoms with Gasteiger partial charge in [0.25, 0.3) is 0 Å². The zero-order valence-corrected chi connectivity index (χ0v) is 14.2. The number of benzene rings is 1. The van der Waals surface area contributed by atoms with Gasteiger partial charge in [0.15, 0.2) is 0 Å². The summed E-state index contributed by atoms with van der Waals surface area (Å²) in [4.78, 5) is 8.70. The molecule has 0 aliphatic heterocycles. The van der Waals surface area contributed by atoms with Crippen molar-refractivity contribution in [1.29, 1.82) is 0 Å². The van der Waals surface area contributed by atoms with Crippen molar-refractivity contribution in [2.24, 2.45) is 5.84 Å². The normalized spacial score (nSPS) is 10.4. The van der Waals surface area contributed by atoms with Crippen LogP contribution in [-0.4, -0.2) is 9.97 Å². The maximum Gasteiger partial charge on any atom is 0.227 e. The zero-order valence-electron chi connectivity index (χ0n) is 11.1. The number of rotatable bonds is 4. The third-order valence-electron chi connectivity index (χ3n) is 2.70. The van der Waals surface area contributed by atoms with Crippen LogP contribution in [0.2, 0.25) is 0 Å². The van der Waals surface area contributed by atoms with E-state index in [1.807, 2.05) is 32.0 Å². The number of aromatic nitrogens is 2. The summed E-state index contributed by atoms with van der Waals surface area (Å²) in [6.45, 7) is 3.83. The number of nitrogen functional groups attached to an aromatic ring is 1. The Morgan fingerprint density at radius 3 is 2.65 bits per heavy atom. The van der Waals surface area contributed by atoms with Crippen LogP contribution in [0.5, 0.6) is 11.6 Å². The fourth-order valence-corrected chi connectivity index (χ4v) is 2.73. The first-order valence-electron chi connectivity index (χ1n) is 6.02. The number of hydrazine groups is 1. The third-order valence-corrected chi connectivity index (χ3v) is 3.81. The summed E-state index contributed by atoms with van der Waals surface area (Å²) in [6.07, 6.45) is 0.701. The highest BCUT2D eigenvalue weighted by molar-refractivity contribution is 9.11. The van der Waals surface area contributed by atoms with Gasteiger partial charge in [-0.1, -0.05) is 22.9 Å². The standard InChI is InChI=1S/C13H14Br2N4O/c1-3-11-17-12(19-16)7(2)13(18-11)20-10-5-4-8(14)6-9(10)15/h4-6H,3,16H2,1-2H3,(H,17,18,19). The number of hydrogen-bond donors (Lipinski definition) is 2. The Morgan fingerprint density at radius 2 is 2.05 bits per heavy atom. The molecule has 0 aliphatic rings. The molecule has 0 amide bonds. The highest BCUT2D eigenvalue weighted by Crippen LogP contribution is 2.33. The molecule has 2 aromatic rings. The first-order valence-corrected chi connectivity index (χ1v) is 7.60. The van der Waals surface area contributed by atoms with E-state index in [0.717, 1.165) is 14.5 Å². The van der Waals surface area contributed by atoms with Gasteiger partial charge in [0.1, 0.15) is 17.4 Å². The third kappa shape index (κ3) is 3.28. The van der Waals surface area contributed by atoms with E-state index in [1.165, 1.54) is 0 Å². The van der Waals surface area contributed by atoms with Gasteiger partial charge in [-0.15, -0.1) is 0 Å². The van der Waals surface area contributed by atoms with Crippen molar-refractivity contribution in [2.75, 3.05) is 5.43 Å². The minimum Gasteiger partial charge on any atom is -0.437 e. The van der Waals surface area contributed by atoms with Crippen molar-refractivity contribution in [2.45, 2.75) is 20.3 Å². The predicted octanol–water partition coefficient (Wildman–Crippen LogP) is 3.95. The maximum atomic E-state index is 5.87. The van der Waals surface area contributed by atoms with Crippen molar-refractivity contribution < 1.29 is 4.74 Å². The van der Waals surface area contributed by atoms with E-state index < -0.39 is 0 Å². The minimum atomic E-state index is 0.493. The van der Waals surface area contributed by atoms with Crippen LogP contribution in [0, 0.1) is 6.92 Å². The molecular formula is C13H14Br2N4O. The van der Waals surface area contributed by atoms with Crippen LogP contribution in [0.3, 0.4) is 0 Å². The Balaban J connectivity index is 2.42. The molecule has 0 saturated carbocycles. The van der Waals surface area contributed by atoms with E-state index in [9.17, 15) is 0 Å². The number of anilines is 1. The molecule has 5 nitrogen and oxygen atoms in total. The second kappa shape index (κ2) is 6.51. The molecule has 3 N–H and O–H groups in total. The molecule has 1 aromatic carbocycles. The minimum absolute atomic E-state index is 0.493. The Kier molecular flexibility index (Phi) is 4.95. The van der Waals surface area contributed by atoms with Gasteiger partial charge in [-0.2, -0.15) is 4.98 Å². The number of halogens is 2. The van der Waals surface area contributed by atoms with E-state index in [4.69, 9.17) is 10.6 Å². The molecule has 0 unspecified atom stereocenters. The highest BCUT2D eigenvalue weighted by Gasteiger charge is 2.13. The quantitative estimate of drug-likeness (QED) is 0.599. The molecule has 106 valence electrons. The van der Waals surface area contributed by atoms with Crippen LogP contribution in [0.25, 0.3) is 0 Å². The molecule has 20 heavy (non-hydrogen) atoms. The second-order valence-electron chi connectivity index (χ2n) is 4.09. The van der Waals surface area contributed by atoms with E-state index in [0.29, 0.717) is 29.7 Å². The summed E-state index contributed by atoms with van der Waals surface area (Å²) in [6, 6.07) is 5.67. The lowest BCUT2D eigenvalue weighted by Gasteiger charge is -2.13. The van der Waals surface area contributed by atoms with Crippen molar-refractivity contribution in [1.82, 2.24) is 9.97 Å². The Bertz CT molecular complexity index is 634. The lowest BCUT2D eigenvalue weighted by atomic mass is 10.3. The van der Waals surface area contributed by atoms with Crippen molar-refractivity contribution in [3.05, 3.63) is 38.5 Å². The van der Waals surface area contributed by atoms with E-state index in [2.05, 4.69) is 47.3 Å². The number of nitrogens with two attached hydrogens (primary N) is 1. The van der Waals surface area contributed by atoms with E-state index in [-0.39, 0.29) is 0 Å². The summed E-state index contributed by atoms with van der Waals surface area (Å²) in [5.74, 6) is 7.89. The van der Waals surface area contributed by atoms with Crippen LogP contribution in [0.15, 0.2) is 27.1 Å². The average Bonchev–Trinajstić information content (AvgIpc) is 2.43. The fraction of sp³-hybridized carbons (Fsp3) is 0.231. The molecule has 0 radical (unpaired) electrons. The van der Waals surface area contributed by atoms with Gasteiger partial charge in [-0.25, -0.2) is 10.8 Å². The van der Waals surface area contributed by atoms with Gasteiger partial charge in [0.2, 0.25) is 5.88 Å². The zero-order chi connectivity index (χ0) is 14.7. The van der Waals surface area contributed by atoms with E-state index in [1.54, 1.807) is 0 Å². The van der Waals surface area contributed by atoms with Gasteiger partial charge in [0.05, 0.1) is 10.0 Å². The molecule has 0 saturated heterocycles. The largest absolute Gasteiger partial charge is 0.437 e. The molecule has 0 spiro atoms. The maximum absolute atomic E-state index is 5.87. The monoisotopic (exact) mass is 400 g/mol. The molecule has 7 heteroatoms. The first kappa shape index (κ1) is 15.2. The summed E-state index contributed by atoms with van der Waals surface area (Å²) in [7, 11) is 0. The Labute approximate surface area is 134 Å². The van der Waals surface area contributed by atoms with Crippen molar-refractivity contribution in [3.63, 3.8) is 0 Å². The summed E-state index contributed by atoms with van der Waals surface area (Å²) in [5, 5.41) is 0. The van der Waals surface area contributed by atoms with Crippen LogP contribution >= 0.6 is 31.9 Å². The number of nitrogens with one attached hydrogen (secondary N) is 1.